The Morgan fingerprint density at radius 2 is 1.76 bits per heavy atom. The maximum Gasteiger partial charge on any atom is 0.284 e. The molecular formula is C13H19Cl2OP. The van der Waals surface area contributed by atoms with Crippen LogP contribution in [0.5, 0.6) is 5.75 Å². The van der Waals surface area contributed by atoms with Gasteiger partial charge in [-0.25, -0.2) is 0 Å². The van der Waals surface area contributed by atoms with Gasteiger partial charge in [0.15, 0.2) is 0 Å². The van der Waals surface area contributed by atoms with Gasteiger partial charge in [0, 0.05) is 0 Å². The van der Waals surface area contributed by atoms with Gasteiger partial charge in [-0.1, -0.05) is 50.8 Å². The summed E-state index contributed by atoms with van der Waals surface area (Å²) in [5.74, 6) is 0.833. The first-order chi connectivity index (χ1) is 8.24. The second-order valence-electron chi connectivity index (χ2n) is 4.07. The first-order valence-corrected chi connectivity index (χ1v) is 9.18. The largest absolute Gasteiger partial charge is 0.445 e. The molecule has 0 N–H and O–H groups in total. The van der Waals surface area contributed by atoms with Gasteiger partial charge >= 0.3 is 0 Å². The van der Waals surface area contributed by atoms with Crippen molar-refractivity contribution in [3.05, 3.63) is 29.8 Å². The number of unbranched alkanes of at least 4 members (excludes halogenated alkanes) is 4. The van der Waals surface area contributed by atoms with Crippen LogP contribution in [0.25, 0.3) is 0 Å². The van der Waals surface area contributed by atoms with Crippen LogP contribution in [0.4, 0.5) is 0 Å². The minimum Gasteiger partial charge on any atom is -0.445 e. The topological polar surface area (TPSA) is 9.23 Å². The molecule has 0 aromatic heterocycles. The second-order valence-corrected chi connectivity index (χ2v) is 7.01. The molecule has 4 heteroatoms. The van der Waals surface area contributed by atoms with Crippen LogP contribution in [0.2, 0.25) is 0 Å². The number of aryl methyl sites for hydroxylation is 1. The molecule has 0 unspecified atom stereocenters. The SMILES string of the molecule is CCCCCCCc1ccccc1OP(Cl)Cl. The van der Waals surface area contributed by atoms with Crippen LogP contribution in [0.1, 0.15) is 44.6 Å². The standard InChI is InChI=1S/C13H19Cl2OP/c1-2-3-4-5-6-9-12-10-7-8-11-13(12)16-17(14)15/h7-8,10-11H,2-6,9H2,1H3. The molecule has 0 spiro atoms. The first-order valence-electron chi connectivity index (χ1n) is 6.11. The molecule has 0 bridgehead atoms. The number of halogens is 2. The van der Waals surface area contributed by atoms with Gasteiger partial charge in [0.1, 0.15) is 5.75 Å². The van der Waals surface area contributed by atoms with Crippen molar-refractivity contribution in [2.45, 2.75) is 45.4 Å². The highest BCUT2D eigenvalue weighted by Crippen LogP contribution is 2.48. The Kier molecular flexibility index (Phi) is 8.01. The normalized spacial score (nSPS) is 10.8. The zero-order valence-electron chi connectivity index (χ0n) is 10.2. The third-order valence-electron chi connectivity index (χ3n) is 2.69. The van der Waals surface area contributed by atoms with Crippen LogP contribution >= 0.6 is 29.3 Å². The molecule has 96 valence electrons. The van der Waals surface area contributed by atoms with Gasteiger partial charge in [-0.05, 0) is 47.0 Å². The maximum absolute atomic E-state index is 5.69. The fraction of sp³-hybridized carbons (Fsp3) is 0.538. The van der Waals surface area contributed by atoms with Crippen molar-refractivity contribution in [2.75, 3.05) is 0 Å². The van der Waals surface area contributed by atoms with Crippen LogP contribution in [0.3, 0.4) is 0 Å². The third-order valence-corrected chi connectivity index (χ3v) is 3.44. The van der Waals surface area contributed by atoms with Gasteiger partial charge in [0.05, 0.1) is 0 Å². The van der Waals surface area contributed by atoms with Crippen molar-refractivity contribution in [1.82, 2.24) is 0 Å². The summed E-state index contributed by atoms with van der Waals surface area (Å²) < 4.78 is 5.42. The summed E-state index contributed by atoms with van der Waals surface area (Å²) in [5.41, 5.74) is 1.21. The van der Waals surface area contributed by atoms with Gasteiger partial charge in [0.2, 0.25) is 0 Å². The lowest BCUT2D eigenvalue weighted by Gasteiger charge is -2.10. The minimum absolute atomic E-state index is 0.833. The average molecular weight is 293 g/mol. The summed E-state index contributed by atoms with van der Waals surface area (Å²) in [6.07, 6.45) is 7.44. The van der Waals surface area contributed by atoms with E-state index >= 15 is 0 Å². The molecule has 1 aromatic carbocycles. The van der Waals surface area contributed by atoms with Crippen LogP contribution in [0, 0.1) is 0 Å². The quantitative estimate of drug-likeness (QED) is 0.404. The number of hydrogen-bond donors (Lipinski definition) is 0. The zero-order chi connectivity index (χ0) is 12.5. The molecule has 0 atom stereocenters. The highest BCUT2D eigenvalue weighted by molar-refractivity contribution is 8.00. The third kappa shape index (κ3) is 6.50. The molecule has 0 saturated heterocycles. The van der Waals surface area contributed by atoms with E-state index in [9.17, 15) is 0 Å². The van der Waals surface area contributed by atoms with E-state index in [1.54, 1.807) is 0 Å². The lowest BCUT2D eigenvalue weighted by molar-refractivity contribution is 0.602. The Morgan fingerprint density at radius 1 is 1.06 bits per heavy atom. The van der Waals surface area contributed by atoms with E-state index in [1.165, 1.54) is 37.7 Å². The van der Waals surface area contributed by atoms with Crippen molar-refractivity contribution in [3.8, 4) is 5.75 Å². The van der Waals surface area contributed by atoms with Crippen molar-refractivity contribution < 1.29 is 4.52 Å². The van der Waals surface area contributed by atoms with Gasteiger partial charge in [-0.15, -0.1) is 0 Å². The monoisotopic (exact) mass is 292 g/mol. The van der Waals surface area contributed by atoms with E-state index < -0.39 is 6.85 Å². The molecule has 0 heterocycles. The molecule has 1 aromatic rings. The summed E-state index contributed by atoms with van der Waals surface area (Å²) in [4.78, 5) is 0. The van der Waals surface area contributed by atoms with E-state index in [-0.39, 0.29) is 0 Å². The van der Waals surface area contributed by atoms with Crippen LogP contribution < -0.4 is 4.52 Å². The predicted molar refractivity (Wildman–Crippen MR) is 78.2 cm³/mol. The minimum atomic E-state index is -1.37. The fourth-order valence-corrected chi connectivity index (χ4v) is 2.57. The molecule has 0 saturated carbocycles. The summed E-state index contributed by atoms with van der Waals surface area (Å²) in [7, 11) is 0. The number of para-hydroxylation sites is 1. The molecule has 17 heavy (non-hydrogen) atoms. The van der Waals surface area contributed by atoms with E-state index in [1.807, 2.05) is 18.2 Å². The highest BCUT2D eigenvalue weighted by atomic mass is 35.9. The second kappa shape index (κ2) is 9.03. The van der Waals surface area contributed by atoms with E-state index in [0.29, 0.717) is 0 Å². The first kappa shape index (κ1) is 15.1. The van der Waals surface area contributed by atoms with E-state index in [4.69, 9.17) is 27.0 Å². The molecule has 0 fully saturated rings. The smallest absolute Gasteiger partial charge is 0.284 e. The Balaban J connectivity index is 2.40. The Hall–Kier alpha value is 0.0300. The van der Waals surface area contributed by atoms with Crippen molar-refractivity contribution >= 4 is 29.3 Å². The van der Waals surface area contributed by atoms with Gasteiger partial charge in [0.25, 0.3) is 6.85 Å². The summed E-state index contributed by atoms with van der Waals surface area (Å²) in [5, 5.41) is 0. The number of rotatable bonds is 8. The lowest BCUT2D eigenvalue weighted by atomic mass is 10.0. The molecular weight excluding hydrogens is 274 g/mol. The predicted octanol–water partition coefficient (Wildman–Crippen LogP) is 6.28. The number of hydrogen-bond acceptors (Lipinski definition) is 1. The Bertz CT molecular complexity index is 318. The van der Waals surface area contributed by atoms with E-state index in [2.05, 4.69) is 13.0 Å². The average Bonchev–Trinajstić information content (AvgIpc) is 2.30. The zero-order valence-corrected chi connectivity index (χ0v) is 12.6. The van der Waals surface area contributed by atoms with Gasteiger partial charge < -0.3 is 4.52 Å². The van der Waals surface area contributed by atoms with E-state index in [0.717, 1.165) is 12.2 Å². The van der Waals surface area contributed by atoms with Crippen LogP contribution in [0.15, 0.2) is 24.3 Å². The molecule has 0 radical (unpaired) electrons. The molecule has 0 aliphatic carbocycles. The van der Waals surface area contributed by atoms with Gasteiger partial charge in [-0.2, -0.15) is 0 Å². The fourth-order valence-electron chi connectivity index (χ4n) is 1.79. The Labute approximate surface area is 115 Å². The summed E-state index contributed by atoms with van der Waals surface area (Å²) >= 11 is 11.4. The van der Waals surface area contributed by atoms with Crippen LogP contribution in [-0.2, 0) is 6.42 Å². The Morgan fingerprint density at radius 3 is 2.47 bits per heavy atom. The molecule has 1 rings (SSSR count). The lowest BCUT2D eigenvalue weighted by Crippen LogP contribution is -1.90. The van der Waals surface area contributed by atoms with Crippen molar-refractivity contribution in [2.24, 2.45) is 0 Å². The van der Waals surface area contributed by atoms with Gasteiger partial charge in [-0.3, -0.25) is 0 Å². The molecule has 1 nitrogen and oxygen atoms in total. The van der Waals surface area contributed by atoms with Crippen molar-refractivity contribution in [3.63, 3.8) is 0 Å². The number of benzene rings is 1. The molecule has 0 aliphatic rings. The van der Waals surface area contributed by atoms with Crippen LogP contribution in [-0.4, -0.2) is 0 Å². The summed E-state index contributed by atoms with van der Waals surface area (Å²) in [6.45, 7) is 0.856. The molecule has 0 aliphatic heterocycles. The molecule has 0 amide bonds. The maximum atomic E-state index is 5.69. The van der Waals surface area contributed by atoms with Crippen molar-refractivity contribution in [1.29, 1.82) is 0 Å². The highest BCUT2D eigenvalue weighted by Gasteiger charge is 2.07. The summed E-state index contributed by atoms with van der Waals surface area (Å²) in [6, 6.07) is 7.99.